The van der Waals surface area contributed by atoms with Crippen LogP contribution in [0, 0.1) is 40.8 Å². The van der Waals surface area contributed by atoms with Crippen LogP contribution in [0.25, 0.3) is 11.1 Å². The lowest BCUT2D eigenvalue weighted by Gasteiger charge is -2.38. The van der Waals surface area contributed by atoms with Crippen molar-refractivity contribution in [2.24, 2.45) is 5.92 Å². The van der Waals surface area contributed by atoms with Crippen LogP contribution in [0.3, 0.4) is 0 Å². The van der Waals surface area contributed by atoms with E-state index in [-0.39, 0.29) is 11.0 Å². The Balaban J connectivity index is 2.37. The summed E-state index contributed by atoms with van der Waals surface area (Å²) in [4.78, 5) is 23.9. The number of rotatable bonds is 4. The van der Waals surface area contributed by atoms with Gasteiger partial charge >= 0.3 is 18.0 Å². The molecule has 2 aromatic carbocycles. The second kappa shape index (κ2) is 7.64. The summed E-state index contributed by atoms with van der Waals surface area (Å²) < 4.78 is 116. The minimum absolute atomic E-state index is 0.0147. The van der Waals surface area contributed by atoms with Gasteiger partial charge in [0.25, 0.3) is 0 Å². The van der Waals surface area contributed by atoms with Gasteiger partial charge in [0.15, 0.2) is 29.0 Å². The monoisotopic (exact) mass is 469 g/mol. The number of amides is 1. The Kier molecular flexibility index (Phi) is 5.56. The lowest BCUT2D eigenvalue weighted by molar-refractivity contribution is -0.194. The standard InChI is InChI=1S/C19H11F8NO4/c1-5(2)16(17(29)30)28-8-3-6(7(20)4-9(8)32-19(26,27)18(28)31)10-11(21)13(23)15(25)14(24)12(10)22/h3-5,16H,1-2H3,(H,29,30)/t16-/m0/s1. The number of carboxylic acid groups (broad SMARTS) is 1. The van der Waals surface area contributed by atoms with E-state index < -0.39 is 87.4 Å². The van der Waals surface area contributed by atoms with Gasteiger partial charge in [-0.05, 0) is 12.0 Å². The molecule has 1 N–H and O–H groups in total. The van der Waals surface area contributed by atoms with Gasteiger partial charge in [-0.2, -0.15) is 8.78 Å². The highest BCUT2D eigenvalue weighted by molar-refractivity contribution is 6.05. The molecule has 1 amide bonds. The topological polar surface area (TPSA) is 66.8 Å². The first-order valence-electron chi connectivity index (χ1n) is 8.69. The third-order valence-electron chi connectivity index (χ3n) is 4.66. The van der Waals surface area contributed by atoms with Gasteiger partial charge in [-0.3, -0.25) is 9.69 Å². The number of carboxylic acids is 1. The number of fused-ring (bicyclic) bond motifs is 1. The number of anilines is 1. The Labute approximate surface area is 173 Å². The minimum Gasteiger partial charge on any atom is -0.480 e. The minimum atomic E-state index is -4.63. The molecule has 0 aromatic heterocycles. The Bertz CT molecular complexity index is 1120. The van der Waals surface area contributed by atoms with E-state index in [2.05, 4.69) is 4.74 Å². The van der Waals surface area contributed by atoms with Gasteiger partial charge in [0, 0.05) is 11.6 Å². The van der Waals surface area contributed by atoms with E-state index in [0.29, 0.717) is 6.07 Å². The third-order valence-corrected chi connectivity index (χ3v) is 4.66. The molecule has 13 heteroatoms. The van der Waals surface area contributed by atoms with Crippen molar-refractivity contribution in [2.45, 2.75) is 26.0 Å². The van der Waals surface area contributed by atoms with E-state index in [4.69, 9.17) is 0 Å². The summed E-state index contributed by atoms with van der Waals surface area (Å²) in [6.45, 7) is 2.49. The van der Waals surface area contributed by atoms with Crippen LogP contribution >= 0.6 is 0 Å². The summed E-state index contributed by atoms with van der Waals surface area (Å²) in [6, 6.07) is -1.56. The Morgan fingerprint density at radius 3 is 1.94 bits per heavy atom. The molecule has 0 saturated carbocycles. The maximum atomic E-state index is 14.6. The van der Waals surface area contributed by atoms with E-state index in [1.807, 2.05) is 0 Å². The van der Waals surface area contributed by atoms with Crippen LogP contribution in [0.1, 0.15) is 13.8 Å². The largest absolute Gasteiger partial charge is 0.483 e. The zero-order valence-electron chi connectivity index (χ0n) is 16.0. The summed E-state index contributed by atoms with van der Waals surface area (Å²) in [6.07, 6.45) is -4.63. The molecule has 0 fully saturated rings. The van der Waals surface area contributed by atoms with Crippen molar-refractivity contribution in [2.75, 3.05) is 4.90 Å². The smallest absolute Gasteiger partial charge is 0.480 e. The molecule has 0 spiro atoms. The third kappa shape index (κ3) is 3.41. The number of ether oxygens (including phenoxy) is 1. The first-order valence-corrected chi connectivity index (χ1v) is 8.69. The van der Waals surface area contributed by atoms with Crippen LogP contribution in [-0.4, -0.2) is 29.1 Å². The van der Waals surface area contributed by atoms with Gasteiger partial charge in [-0.15, -0.1) is 0 Å². The molecule has 1 heterocycles. The van der Waals surface area contributed by atoms with E-state index in [0.717, 1.165) is 0 Å². The van der Waals surface area contributed by atoms with Crippen LogP contribution in [-0.2, 0) is 9.59 Å². The predicted molar refractivity (Wildman–Crippen MR) is 90.9 cm³/mol. The number of carbonyl (C=O) groups is 2. The maximum absolute atomic E-state index is 14.6. The molecule has 1 atom stereocenters. The molecule has 2 aromatic rings. The molecule has 0 unspecified atom stereocenters. The second-order valence-electron chi connectivity index (χ2n) is 7.07. The lowest BCUT2D eigenvalue weighted by atomic mass is 9.97. The van der Waals surface area contributed by atoms with Crippen molar-refractivity contribution in [3.05, 3.63) is 47.0 Å². The molecular formula is C19H11F8NO4. The summed E-state index contributed by atoms with van der Waals surface area (Å²) in [5, 5.41) is 9.43. The number of aliphatic carboxylic acids is 1. The van der Waals surface area contributed by atoms with Crippen molar-refractivity contribution in [1.29, 1.82) is 0 Å². The van der Waals surface area contributed by atoms with Crippen molar-refractivity contribution in [1.82, 2.24) is 0 Å². The number of halogens is 8. The molecule has 32 heavy (non-hydrogen) atoms. The average Bonchev–Trinajstić information content (AvgIpc) is 2.68. The van der Waals surface area contributed by atoms with Crippen molar-refractivity contribution >= 4 is 17.6 Å². The highest BCUT2D eigenvalue weighted by atomic mass is 19.3. The van der Waals surface area contributed by atoms with Gasteiger partial charge in [0.05, 0.1) is 11.3 Å². The number of hydrogen-bond donors (Lipinski definition) is 1. The number of benzene rings is 2. The molecule has 0 saturated heterocycles. The van der Waals surface area contributed by atoms with E-state index in [9.17, 15) is 49.8 Å². The SMILES string of the molecule is CC(C)[C@@H](C(=O)O)N1C(=O)C(F)(F)Oc2cc(F)c(-c3c(F)c(F)c(F)c(F)c3F)cc21. The Morgan fingerprint density at radius 2 is 1.47 bits per heavy atom. The van der Waals surface area contributed by atoms with Gasteiger partial charge < -0.3 is 9.84 Å². The Morgan fingerprint density at radius 1 is 0.969 bits per heavy atom. The van der Waals surface area contributed by atoms with Crippen molar-refractivity contribution < 1.29 is 54.6 Å². The van der Waals surface area contributed by atoms with Gasteiger partial charge in [0.2, 0.25) is 5.82 Å². The summed E-state index contributed by atoms with van der Waals surface area (Å²) in [7, 11) is 0. The Hall–Kier alpha value is -3.38. The molecule has 0 aliphatic carbocycles. The van der Waals surface area contributed by atoms with E-state index >= 15 is 0 Å². The van der Waals surface area contributed by atoms with E-state index in [1.54, 1.807) is 0 Å². The first-order chi connectivity index (χ1) is 14.7. The highest BCUT2D eigenvalue weighted by Crippen LogP contribution is 2.45. The molecule has 1 aliphatic rings. The van der Waals surface area contributed by atoms with Crippen LogP contribution in [0.4, 0.5) is 40.8 Å². The summed E-state index contributed by atoms with van der Waals surface area (Å²) >= 11 is 0. The zero-order valence-corrected chi connectivity index (χ0v) is 16.0. The number of hydrogen-bond acceptors (Lipinski definition) is 3. The predicted octanol–water partition coefficient (Wildman–Crippen LogP) is 4.62. The van der Waals surface area contributed by atoms with Crippen molar-refractivity contribution in [3.63, 3.8) is 0 Å². The normalized spacial score (nSPS) is 16.1. The molecule has 0 radical (unpaired) electrons. The molecular weight excluding hydrogens is 458 g/mol. The van der Waals surface area contributed by atoms with Crippen LogP contribution in [0.2, 0.25) is 0 Å². The van der Waals surface area contributed by atoms with Crippen LogP contribution < -0.4 is 9.64 Å². The van der Waals surface area contributed by atoms with Crippen LogP contribution in [0.15, 0.2) is 12.1 Å². The quantitative estimate of drug-likeness (QED) is 0.404. The average molecular weight is 469 g/mol. The zero-order chi connectivity index (χ0) is 24.3. The van der Waals surface area contributed by atoms with E-state index in [1.165, 1.54) is 13.8 Å². The first kappa shape index (κ1) is 23.3. The van der Waals surface area contributed by atoms with Gasteiger partial charge in [-0.1, -0.05) is 13.8 Å². The highest BCUT2D eigenvalue weighted by Gasteiger charge is 2.54. The maximum Gasteiger partial charge on any atom is 0.483 e. The number of nitrogens with zero attached hydrogens (tertiary/aromatic N) is 1. The molecule has 3 rings (SSSR count). The fourth-order valence-electron chi connectivity index (χ4n) is 3.25. The lowest BCUT2D eigenvalue weighted by Crippen LogP contribution is -2.58. The number of alkyl halides is 2. The summed E-state index contributed by atoms with van der Waals surface area (Å²) in [5.41, 5.74) is -3.93. The summed E-state index contributed by atoms with van der Waals surface area (Å²) in [5.74, 6) is -20.0. The molecule has 1 aliphatic heterocycles. The molecule has 5 nitrogen and oxygen atoms in total. The van der Waals surface area contributed by atoms with Crippen LogP contribution in [0.5, 0.6) is 5.75 Å². The van der Waals surface area contributed by atoms with Gasteiger partial charge in [-0.25, -0.2) is 31.1 Å². The second-order valence-corrected chi connectivity index (χ2v) is 7.07. The van der Waals surface area contributed by atoms with Gasteiger partial charge in [0.1, 0.15) is 11.9 Å². The van der Waals surface area contributed by atoms with Crippen molar-refractivity contribution in [3.8, 4) is 16.9 Å². The molecule has 172 valence electrons. The molecule has 0 bridgehead atoms. The fraction of sp³-hybridized carbons (Fsp3) is 0.263. The fourth-order valence-corrected chi connectivity index (χ4v) is 3.25. The number of carbonyl (C=O) groups excluding carboxylic acids is 1.